The van der Waals surface area contributed by atoms with Gasteiger partial charge in [-0.2, -0.15) is 0 Å². The molecule has 88 heavy (non-hydrogen) atoms. The van der Waals surface area contributed by atoms with Gasteiger partial charge in [-0.15, -0.1) is 0 Å². The summed E-state index contributed by atoms with van der Waals surface area (Å²) in [5.74, 6) is -2.44. The average Bonchev–Trinajstić information content (AvgIpc) is 1.76. The fraction of sp³-hybridized carbons (Fsp3) is 0.836. The van der Waals surface area contributed by atoms with Gasteiger partial charge in [-0.1, -0.05) is 211 Å². The molecule has 0 spiro atoms. The first-order valence-corrected chi connectivity index (χ1v) is 35.3. The maximum absolute atomic E-state index is 14.5. The van der Waals surface area contributed by atoms with Crippen LogP contribution in [0.15, 0.2) is 36.5 Å². The molecule has 3 N–H and O–H groups in total. The highest BCUT2D eigenvalue weighted by Crippen LogP contribution is 2.22. The molecule has 0 rings (SSSR count). The van der Waals surface area contributed by atoms with Crippen LogP contribution in [-0.2, 0) is 42.8 Å². The van der Waals surface area contributed by atoms with Crippen molar-refractivity contribution in [3.63, 3.8) is 0 Å². The van der Waals surface area contributed by atoms with E-state index in [-0.39, 0.29) is 19.3 Å². The minimum absolute atomic E-state index is 0.219. The molecule has 0 aliphatic carbocycles. The second-order valence-corrected chi connectivity index (χ2v) is 27.7. The van der Waals surface area contributed by atoms with Crippen LogP contribution in [0.2, 0.25) is 0 Å². The van der Waals surface area contributed by atoms with Crippen LogP contribution in [0.25, 0.3) is 0 Å². The number of carbonyl (C=O) groups is 6. The maximum atomic E-state index is 14.5. The first kappa shape index (κ1) is 83.4. The second-order valence-electron chi connectivity index (χ2n) is 27.7. The van der Waals surface area contributed by atoms with Gasteiger partial charge in [0.05, 0.1) is 0 Å². The van der Waals surface area contributed by atoms with Crippen LogP contribution in [0.1, 0.15) is 340 Å². The van der Waals surface area contributed by atoms with E-state index in [1.165, 1.54) is 122 Å². The van der Waals surface area contributed by atoms with E-state index < -0.39 is 89.9 Å². The van der Waals surface area contributed by atoms with Crippen molar-refractivity contribution in [1.29, 1.82) is 0 Å². The van der Waals surface area contributed by atoms with E-state index in [4.69, 9.17) is 28.4 Å². The summed E-state index contributed by atoms with van der Waals surface area (Å²) >= 11 is 0. The number of rotatable bonds is 53. The van der Waals surface area contributed by atoms with Crippen LogP contribution in [0.4, 0.5) is 14.4 Å². The molecule has 0 saturated heterocycles. The first-order chi connectivity index (χ1) is 41.8. The number of ether oxygens (including phenoxy) is 6. The monoisotopic (exact) mass is 1240 g/mol. The van der Waals surface area contributed by atoms with E-state index in [0.29, 0.717) is 19.3 Å². The summed E-state index contributed by atoms with van der Waals surface area (Å²) in [6, 6.07) is -3.40. The molecule has 0 aromatic heterocycles. The fourth-order valence-corrected chi connectivity index (χ4v) is 9.89. The summed E-state index contributed by atoms with van der Waals surface area (Å²) in [6.07, 6.45) is 51.0. The van der Waals surface area contributed by atoms with Gasteiger partial charge < -0.3 is 44.4 Å². The van der Waals surface area contributed by atoms with Gasteiger partial charge in [-0.25, -0.2) is 28.8 Å². The number of hydrogen-bond donors (Lipinski definition) is 3. The molecule has 0 heterocycles. The second kappa shape index (κ2) is 52.1. The molecule has 0 saturated carbocycles. The van der Waals surface area contributed by atoms with Crippen molar-refractivity contribution in [2.24, 2.45) is 0 Å². The van der Waals surface area contributed by atoms with Crippen molar-refractivity contribution < 1.29 is 57.2 Å². The lowest BCUT2D eigenvalue weighted by Crippen LogP contribution is -2.51. The minimum Gasteiger partial charge on any atom is -0.460 e. The fourth-order valence-electron chi connectivity index (χ4n) is 9.89. The molecule has 0 aliphatic heterocycles. The van der Waals surface area contributed by atoms with Gasteiger partial charge in [0.1, 0.15) is 48.1 Å². The van der Waals surface area contributed by atoms with E-state index in [1.54, 1.807) is 62.3 Å². The summed E-state index contributed by atoms with van der Waals surface area (Å²) < 4.78 is 34.8. The zero-order valence-electron chi connectivity index (χ0n) is 58.6. The van der Waals surface area contributed by atoms with Crippen molar-refractivity contribution in [2.45, 2.75) is 381 Å². The Labute approximate surface area is 537 Å². The third-order valence-corrected chi connectivity index (χ3v) is 14.8. The molecule has 0 aromatic carbocycles. The molecule has 3 amide bonds. The highest BCUT2D eigenvalue weighted by atomic mass is 16.6. The highest BCUT2D eigenvalue weighted by molar-refractivity contribution is 5.83. The molecule has 0 bridgehead atoms. The first-order valence-electron chi connectivity index (χ1n) is 35.3. The lowest BCUT2D eigenvalue weighted by atomic mass is 10.0. The van der Waals surface area contributed by atoms with Crippen molar-refractivity contribution in [3.8, 4) is 0 Å². The van der Waals surface area contributed by atoms with Crippen LogP contribution in [0.5, 0.6) is 0 Å². The third kappa shape index (κ3) is 53.3. The molecule has 15 heteroatoms. The molecule has 0 aromatic rings. The summed E-state index contributed by atoms with van der Waals surface area (Å²) in [5, 5.41) is 8.13. The Morgan fingerprint density at radius 2 is 0.511 bits per heavy atom. The van der Waals surface area contributed by atoms with Crippen LogP contribution in [0.3, 0.4) is 0 Å². The van der Waals surface area contributed by atoms with Gasteiger partial charge >= 0.3 is 36.2 Å². The van der Waals surface area contributed by atoms with E-state index in [9.17, 15) is 28.8 Å². The average molecular weight is 1240 g/mol. The molecule has 15 nitrogen and oxygen atoms in total. The maximum Gasteiger partial charge on any atom is 0.408 e. The summed E-state index contributed by atoms with van der Waals surface area (Å²) in [7, 11) is 0. The highest BCUT2D eigenvalue weighted by Gasteiger charge is 2.39. The zero-order chi connectivity index (χ0) is 65.8. The molecule has 3 unspecified atom stereocenters. The number of allylic oxidation sites excluding steroid dienone is 6. The van der Waals surface area contributed by atoms with Crippen molar-refractivity contribution in [3.05, 3.63) is 36.5 Å². The van der Waals surface area contributed by atoms with Crippen molar-refractivity contribution >= 4 is 36.2 Å². The number of hydrogen-bond acceptors (Lipinski definition) is 12. The van der Waals surface area contributed by atoms with Gasteiger partial charge in [-0.05, 0) is 166 Å². The number of amides is 3. The Morgan fingerprint density at radius 1 is 0.295 bits per heavy atom. The Balaban J connectivity index is 6.54. The van der Waals surface area contributed by atoms with Crippen molar-refractivity contribution in [2.75, 3.05) is 13.2 Å². The van der Waals surface area contributed by atoms with Crippen LogP contribution < -0.4 is 16.0 Å². The largest absolute Gasteiger partial charge is 0.460 e. The molecule has 0 radical (unpaired) electrons. The summed E-state index contributed by atoms with van der Waals surface area (Å²) in [6.45, 7) is 22.6. The molecular weight excluding hydrogens is 1110 g/mol. The van der Waals surface area contributed by atoms with Crippen LogP contribution in [-0.4, -0.2) is 89.9 Å². The van der Waals surface area contributed by atoms with Crippen LogP contribution >= 0.6 is 0 Å². The Morgan fingerprint density at radius 3 is 0.750 bits per heavy atom. The van der Waals surface area contributed by atoms with E-state index in [2.05, 4.69) is 73.2 Å². The minimum atomic E-state index is -1.82. The Bertz CT molecular complexity index is 1810. The van der Waals surface area contributed by atoms with Crippen molar-refractivity contribution in [1.82, 2.24) is 16.0 Å². The van der Waals surface area contributed by atoms with Gasteiger partial charge in [0.15, 0.2) is 5.60 Å². The van der Waals surface area contributed by atoms with E-state index in [1.807, 2.05) is 0 Å². The molecular formula is C73H133N3O12. The molecule has 0 aliphatic rings. The van der Waals surface area contributed by atoms with Gasteiger partial charge in [0, 0.05) is 0 Å². The van der Waals surface area contributed by atoms with E-state index >= 15 is 0 Å². The lowest BCUT2D eigenvalue weighted by Gasteiger charge is -2.32. The number of alkyl carbamates (subject to hydrolysis) is 3. The summed E-state index contributed by atoms with van der Waals surface area (Å²) in [5.41, 5.74) is -4.37. The summed E-state index contributed by atoms with van der Waals surface area (Å²) in [4.78, 5) is 82.7. The lowest BCUT2D eigenvalue weighted by molar-refractivity contribution is -0.184. The Hall–Kier alpha value is -4.56. The SMILES string of the molecule is CCCCCCCCC=CCCCCCCC(NC(=O)OC(C)(C)C)C(=O)OCC(C)(COC(=O)C(CCCCCCC=CCCCCCCCC)NC(=O)OC(C)(C)C)OC(=O)C(CCCCCCC=CCCCCCCCC)NC(=O)OC(C)(C)C. The topological polar surface area (TPSA) is 194 Å². The number of nitrogens with one attached hydrogen (secondary N) is 3. The molecule has 3 atom stereocenters. The molecule has 0 fully saturated rings. The van der Waals surface area contributed by atoms with Gasteiger partial charge in [0.25, 0.3) is 0 Å². The number of esters is 3. The van der Waals surface area contributed by atoms with Gasteiger partial charge in [0.2, 0.25) is 0 Å². The predicted octanol–water partition coefficient (Wildman–Crippen LogP) is 20.0. The van der Waals surface area contributed by atoms with E-state index in [0.717, 1.165) is 96.3 Å². The zero-order valence-corrected chi connectivity index (χ0v) is 58.6. The smallest absolute Gasteiger partial charge is 0.408 e. The van der Waals surface area contributed by atoms with Crippen LogP contribution in [0, 0.1) is 0 Å². The third-order valence-electron chi connectivity index (χ3n) is 14.8. The standard InChI is InChI=1S/C73H133N3O12/c1-14-17-20-23-26-29-32-35-38-41-44-47-50-53-56-61(74-67(80)86-70(4,5)6)64(77)83-59-73(13,85-66(79)63(76-69(82)88-72(10,11)12)58-55-52-49-46-43-40-37-34-31-28-25-22-19-16-3)60-84-65(78)62(75-68(81)87-71(7,8)9)57-54-51-48-45-42-39-36-33-30-27-24-21-18-15-2/h35-40,61-63H,14-34,41-60H2,1-13H3,(H,74,80)(H,75,81)(H,76,82). The number of unbranched alkanes of at least 4 members (excludes halogenated alkanes) is 30. The Kier molecular flexibility index (Phi) is 49.4. The van der Waals surface area contributed by atoms with Gasteiger partial charge in [-0.3, -0.25) is 0 Å². The predicted molar refractivity (Wildman–Crippen MR) is 360 cm³/mol. The normalized spacial score (nSPS) is 13.9. The number of carbonyl (C=O) groups excluding carboxylic acids is 6. The quantitative estimate of drug-likeness (QED) is 0.0226. The molecule has 512 valence electrons.